The summed E-state index contributed by atoms with van der Waals surface area (Å²) in [6, 6.07) is 1.42. The minimum absolute atomic E-state index is 0.0525. The van der Waals surface area contributed by atoms with E-state index in [-0.39, 0.29) is 30.7 Å². The van der Waals surface area contributed by atoms with Crippen LogP contribution in [0.2, 0.25) is 0 Å². The molecule has 1 heterocycles. The molecule has 0 spiro atoms. The van der Waals surface area contributed by atoms with Crippen molar-refractivity contribution in [2.45, 2.75) is 0 Å². The highest BCUT2D eigenvalue weighted by Crippen LogP contribution is 2.17. The molecule has 1 rings (SSSR count). The van der Waals surface area contributed by atoms with E-state index in [0.717, 1.165) is 0 Å². The summed E-state index contributed by atoms with van der Waals surface area (Å²) >= 11 is 0. The number of nitrogens with zero attached hydrogens (tertiary/aromatic N) is 3. The Labute approximate surface area is 103 Å². The molecule has 1 aromatic rings. The molecule has 0 aliphatic heterocycles. The quantitative estimate of drug-likeness (QED) is 0.523. The second kappa shape index (κ2) is 5.66. The number of hydrogen-bond acceptors (Lipinski definition) is 7. The number of nitrogens with two attached hydrogens (primary N) is 3. The minimum atomic E-state index is -0.632. The molecular weight excluding hydrogens is 240 g/mol. The highest BCUT2D eigenvalue weighted by molar-refractivity contribution is 5.84. The van der Waals surface area contributed by atoms with Crippen molar-refractivity contribution >= 4 is 23.6 Å². The fraction of sp³-hybridized carbons (Fsp3) is 0.333. The van der Waals surface area contributed by atoms with E-state index in [2.05, 4.69) is 9.97 Å². The zero-order chi connectivity index (χ0) is 13.7. The van der Waals surface area contributed by atoms with Crippen LogP contribution in [0.25, 0.3) is 0 Å². The average molecular weight is 254 g/mol. The number of aromatic nitrogens is 2. The third-order valence-electron chi connectivity index (χ3n) is 1.93. The topological polar surface area (TPSA) is 150 Å². The van der Waals surface area contributed by atoms with Gasteiger partial charge in [0.1, 0.15) is 5.82 Å². The van der Waals surface area contributed by atoms with Gasteiger partial charge >= 0.3 is 0 Å². The van der Waals surface area contributed by atoms with Crippen molar-refractivity contribution in [2.75, 3.05) is 30.8 Å². The Morgan fingerprint density at radius 1 is 1.28 bits per heavy atom. The number of anilines is 2. The molecule has 0 saturated heterocycles. The van der Waals surface area contributed by atoms with E-state index in [9.17, 15) is 9.59 Å². The summed E-state index contributed by atoms with van der Waals surface area (Å²) in [5.74, 6) is -0.878. The van der Waals surface area contributed by atoms with Gasteiger partial charge in [0.25, 0.3) is 0 Å². The monoisotopic (exact) mass is 254 g/mol. The summed E-state index contributed by atoms with van der Waals surface area (Å²) in [7, 11) is 1.40. The lowest BCUT2D eigenvalue weighted by Gasteiger charge is -2.20. The molecule has 0 aliphatic rings. The molecule has 0 unspecified atom stereocenters. The van der Waals surface area contributed by atoms with Crippen molar-refractivity contribution in [3.8, 4) is 5.88 Å². The smallest absolute Gasteiger partial charge is 0.237 e. The highest BCUT2D eigenvalue weighted by Gasteiger charge is 2.15. The molecule has 0 saturated carbocycles. The van der Waals surface area contributed by atoms with E-state index in [4.69, 9.17) is 21.9 Å². The molecule has 1 aromatic heterocycles. The summed E-state index contributed by atoms with van der Waals surface area (Å²) in [6.07, 6.45) is 0. The van der Waals surface area contributed by atoms with Crippen LogP contribution in [0.3, 0.4) is 0 Å². The Bertz CT molecular complexity index is 448. The van der Waals surface area contributed by atoms with Gasteiger partial charge in [0.15, 0.2) is 0 Å². The van der Waals surface area contributed by atoms with Crippen molar-refractivity contribution in [3.63, 3.8) is 0 Å². The molecule has 9 nitrogen and oxygen atoms in total. The minimum Gasteiger partial charge on any atom is -0.481 e. The van der Waals surface area contributed by atoms with Gasteiger partial charge in [0.2, 0.25) is 23.6 Å². The fourth-order valence-corrected chi connectivity index (χ4v) is 1.29. The Morgan fingerprint density at radius 3 is 2.28 bits per heavy atom. The second-order valence-corrected chi connectivity index (χ2v) is 3.42. The van der Waals surface area contributed by atoms with Crippen LogP contribution < -0.4 is 26.8 Å². The number of nitrogen functional groups attached to an aromatic ring is 1. The standard InChI is InChI=1S/C9H14N6O3/c1-18-8-2-7(13-9(12)14-8)15(3-5(10)16)4-6(11)17/h2H,3-4H2,1H3,(H2,10,16)(H2,11,17)(H2,12,13,14). The average Bonchev–Trinajstić information content (AvgIpc) is 2.26. The molecule has 18 heavy (non-hydrogen) atoms. The Morgan fingerprint density at radius 2 is 1.83 bits per heavy atom. The van der Waals surface area contributed by atoms with Crippen LogP contribution in [-0.4, -0.2) is 42.0 Å². The summed E-state index contributed by atoms with van der Waals surface area (Å²) in [5, 5.41) is 0. The fourth-order valence-electron chi connectivity index (χ4n) is 1.29. The molecule has 0 radical (unpaired) electrons. The molecule has 6 N–H and O–H groups in total. The van der Waals surface area contributed by atoms with Crippen molar-refractivity contribution in [1.29, 1.82) is 0 Å². The van der Waals surface area contributed by atoms with E-state index >= 15 is 0 Å². The van der Waals surface area contributed by atoms with E-state index in [1.54, 1.807) is 0 Å². The molecule has 0 atom stereocenters. The van der Waals surface area contributed by atoms with E-state index in [1.807, 2.05) is 0 Å². The zero-order valence-electron chi connectivity index (χ0n) is 9.79. The summed E-state index contributed by atoms with van der Waals surface area (Å²) in [6.45, 7) is -0.439. The van der Waals surface area contributed by atoms with Crippen molar-refractivity contribution in [2.24, 2.45) is 11.5 Å². The normalized spacial score (nSPS) is 9.83. The predicted molar refractivity (Wildman–Crippen MR) is 63.6 cm³/mol. The lowest BCUT2D eigenvalue weighted by molar-refractivity contribution is -0.117. The SMILES string of the molecule is COc1cc(N(CC(N)=O)CC(N)=O)nc(N)n1. The maximum absolute atomic E-state index is 10.9. The van der Waals surface area contributed by atoms with Gasteiger partial charge in [0, 0.05) is 6.07 Å². The number of carbonyl (C=O) groups is 2. The number of rotatable bonds is 6. The van der Waals surface area contributed by atoms with Crippen LogP contribution in [-0.2, 0) is 9.59 Å². The van der Waals surface area contributed by atoms with Crippen molar-refractivity contribution in [3.05, 3.63) is 6.07 Å². The largest absolute Gasteiger partial charge is 0.481 e. The molecular formula is C9H14N6O3. The van der Waals surface area contributed by atoms with Crippen LogP contribution in [0, 0.1) is 0 Å². The lowest BCUT2D eigenvalue weighted by atomic mass is 10.4. The number of hydrogen-bond donors (Lipinski definition) is 3. The lowest BCUT2D eigenvalue weighted by Crippen LogP contribution is -2.40. The zero-order valence-corrected chi connectivity index (χ0v) is 9.79. The van der Waals surface area contributed by atoms with Gasteiger partial charge < -0.3 is 26.8 Å². The molecule has 2 amide bonds. The molecule has 0 aromatic carbocycles. The third kappa shape index (κ3) is 3.77. The van der Waals surface area contributed by atoms with Gasteiger partial charge in [-0.1, -0.05) is 0 Å². The number of primary amides is 2. The van der Waals surface area contributed by atoms with Crippen LogP contribution in [0.4, 0.5) is 11.8 Å². The second-order valence-electron chi connectivity index (χ2n) is 3.42. The van der Waals surface area contributed by atoms with Crippen LogP contribution in [0.5, 0.6) is 5.88 Å². The Kier molecular flexibility index (Phi) is 4.24. The molecule has 98 valence electrons. The Balaban J connectivity index is 3.06. The summed E-state index contributed by atoms with van der Waals surface area (Å²) < 4.78 is 4.91. The van der Waals surface area contributed by atoms with E-state index in [0.29, 0.717) is 0 Å². The van der Waals surface area contributed by atoms with Crippen LogP contribution >= 0.6 is 0 Å². The number of methoxy groups -OCH3 is 1. The predicted octanol–water partition coefficient (Wildman–Crippen LogP) is -2.16. The first-order valence-corrected chi connectivity index (χ1v) is 4.92. The maximum Gasteiger partial charge on any atom is 0.237 e. The molecule has 0 bridgehead atoms. The maximum atomic E-state index is 10.9. The first-order chi connectivity index (χ1) is 8.42. The van der Waals surface area contributed by atoms with Gasteiger partial charge in [0.05, 0.1) is 20.2 Å². The first-order valence-electron chi connectivity index (χ1n) is 4.92. The number of carbonyl (C=O) groups excluding carboxylic acids is 2. The molecule has 0 fully saturated rings. The van der Waals surface area contributed by atoms with Crippen LogP contribution in [0.1, 0.15) is 0 Å². The van der Waals surface area contributed by atoms with Gasteiger partial charge in [-0.05, 0) is 0 Å². The van der Waals surface area contributed by atoms with Crippen molar-refractivity contribution in [1.82, 2.24) is 9.97 Å². The van der Waals surface area contributed by atoms with E-state index in [1.165, 1.54) is 18.1 Å². The number of ether oxygens (including phenoxy) is 1. The Hall–Kier alpha value is -2.58. The summed E-state index contributed by atoms with van der Waals surface area (Å²) in [5.41, 5.74) is 15.6. The van der Waals surface area contributed by atoms with E-state index < -0.39 is 11.8 Å². The van der Waals surface area contributed by atoms with Gasteiger partial charge in [-0.2, -0.15) is 9.97 Å². The van der Waals surface area contributed by atoms with Gasteiger partial charge in [-0.25, -0.2) is 0 Å². The third-order valence-corrected chi connectivity index (χ3v) is 1.93. The van der Waals surface area contributed by atoms with Crippen molar-refractivity contribution < 1.29 is 14.3 Å². The van der Waals surface area contributed by atoms with Crippen LogP contribution in [0.15, 0.2) is 6.07 Å². The highest BCUT2D eigenvalue weighted by atomic mass is 16.5. The number of amides is 2. The molecule has 0 aliphatic carbocycles. The van der Waals surface area contributed by atoms with Gasteiger partial charge in [-0.3, -0.25) is 9.59 Å². The van der Waals surface area contributed by atoms with Gasteiger partial charge in [-0.15, -0.1) is 0 Å². The first kappa shape index (κ1) is 13.5. The molecule has 9 heteroatoms. The summed E-state index contributed by atoms with van der Waals surface area (Å²) in [4.78, 5) is 30.8.